The van der Waals surface area contributed by atoms with E-state index in [9.17, 15) is 9.59 Å². The lowest BCUT2D eigenvalue weighted by atomic mass is 10.1. The molecule has 4 nitrogen and oxygen atoms in total. The highest BCUT2D eigenvalue weighted by Crippen LogP contribution is 2.17. The molecule has 0 radical (unpaired) electrons. The molecule has 5 heteroatoms. The van der Waals surface area contributed by atoms with Crippen LogP contribution in [0.2, 0.25) is 0 Å². The number of hydrogen-bond acceptors (Lipinski definition) is 2. The van der Waals surface area contributed by atoms with Gasteiger partial charge in [-0.05, 0) is 23.3 Å². The summed E-state index contributed by atoms with van der Waals surface area (Å²) in [6.07, 6.45) is 0.516. The lowest BCUT2D eigenvalue weighted by Gasteiger charge is -2.13. The molecule has 1 atom stereocenters. The maximum absolute atomic E-state index is 12.4. The number of amides is 3. The second kappa shape index (κ2) is 6.32. The van der Waals surface area contributed by atoms with Crippen LogP contribution in [-0.2, 0) is 17.8 Å². The Morgan fingerprint density at radius 1 is 0.955 bits per heavy atom. The Hall–Kier alpha value is -2.14. The van der Waals surface area contributed by atoms with Crippen molar-refractivity contribution in [1.29, 1.82) is 0 Å². The van der Waals surface area contributed by atoms with Crippen molar-refractivity contribution in [3.8, 4) is 0 Å². The lowest BCUT2D eigenvalue weighted by molar-refractivity contribution is -0.127. The van der Waals surface area contributed by atoms with Gasteiger partial charge >= 0.3 is 6.03 Å². The Morgan fingerprint density at radius 2 is 1.64 bits per heavy atom. The van der Waals surface area contributed by atoms with E-state index >= 15 is 0 Å². The molecule has 0 saturated carbocycles. The van der Waals surface area contributed by atoms with Gasteiger partial charge in [-0.3, -0.25) is 9.69 Å². The number of nitrogens with zero attached hydrogens (tertiary/aromatic N) is 1. The zero-order valence-corrected chi connectivity index (χ0v) is 13.4. The van der Waals surface area contributed by atoms with Gasteiger partial charge in [-0.25, -0.2) is 4.79 Å². The molecule has 0 spiro atoms. The molecule has 2 aromatic rings. The number of rotatable bonds is 4. The average molecular weight is 359 g/mol. The van der Waals surface area contributed by atoms with Crippen LogP contribution in [-0.4, -0.2) is 22.9 Å². The molecule has 2 aromatic carbocycles. The van der Waals surface area contributed by atoms with Crippen LogP contribution in [0.1, 0.15) is 11.1 Å². The van der Waals surface area contributed by atoms with Gasteiger partial charge in [0.1, 0.15) is 6.04 Å². The van der Waals surface area contributed by atoms with Crippen LogP contribution in [0, 0.1) is 0 Å². The minimum absolute atomic E-state index is 0.170. The number of urea groups is 1. The van der Waals surface area contributed by atoms with E-state index in [1.165, 1.54) is 4.90 Å². The van der Waals surface area contributed by atoms with E-state index in [4.69, 9.17) is 0 Å². The maximum Gasteiger partial charge on any atom is 0.325 e. The van der Waals surface area contributed by atoms with Crippen molar-refractivity contribution in [2.45, 2.75) is 19.0 Å². The Balaban J connectivity index is 1.70. The van der Waals surface area contributed by atoms with E-state index in [1.54, 1.807) is 0 Å². The van der Waals surface area contributed by atoms with Crippen LogP contribution in [0.25, 0.3) is 0 Å². The standard InChI is InChI=1S/C17H15BrN2O2/c18-14-8-6-13(7-9-14)11-20-16(21)15(19-17(20)22)10-12-4-2-1-3-5-12/h1-9,15H,10-11H2,(H,19,22). The summed E-state index contributed by atoms with van der Waals surface area (Å²) in [4.78, 5) is 25.7. The van der Waals surface area contributed by atoms with Crippen LogP contribution < -0.4 is 5.32 Å². The molecule has 3 amide bonds. The van der Waals surface area contributed by atoms with Crippen molar-refractivity contribution in [3.05, 3.63) is 70.2 Å². The highest BCUT2D eigenvalue weighted by atomic mass is 79.9. The molecule has 1 heterocycles. The summed E-state index contributed by atoms with van der Waals surface area (Å²) in [5.41, 5.74) is 1.96. The second-order valence-electron chi connectivity index (χ2n) is 5.24. The first kappa shape index (κ1) is 14.8. The van der Waals surface area contributed by atoms with Gasteiger partial charge in [0.25, 0.3) is 5.91 Å². The van der Waals surface area contributed by atoms with Gasteiger partial charge in [0, 0.05) is 10.9 Å². The van der Waals surface area contributed by atoms with E-state index in [2.05, 4.69) is 21.2 Å². The lowest BCUT2D eigenvalue weighted by Crippen LogP contribution is -2.32. The SMILES string of the molecule is O=C1NC(Cc2ccccc2)C(=O)N1Cc1ccc(Br)cc1. The molecule has 1 fully saturated rings. The summed E-state index contributed by atoms with van der Waals surface area (Å²) >= 11 is 3.37. The predicted molar refractivity (Wildman–Crippen MR) is 87.2 cm³/mol. The van der Waals surface area contributed by atoms with Gasteiger partial charge in [-0.2, -0.15) is 0 Å². The van der Waals surface area contributed by atoms with Gasteiger partial charge in [0.2, 0.25) is 0 Å². The number of carbonyl (C=O) groups is 2. The summed E-state index contributed by atoms with van der Waals surface area (Å²) in [5, 5.41) is 2.76. The molecular formula is C17H15BrN2O2. The fourth-order valence-electron chi connectivity index (χ4n) is 2.49. The molecule has 0 aromatic heterocycles. The number of carbonyl (C=O) groups excluding carboxylic acids is 2. The number of nitrogens with one attached hydrogen (secondary N) is 1. The number of halogens is 1. The molecule has 22 heavy (non-hydrogen) atoms. The molecule has 0 aliphatic carbocycles. The van der Waals surface area contributed by atoms with Gasteiger partial charge in [0.15, 0.2) is 0 Å². The summed E-state index contributed by atoms with van der Waals surface area (Å²) in [6, 6.07) is 16.5. The second-order valence-corrected chi connectivity index (χ2v) is 6.16. The summed E-state index contributed by atoms with van der Waals surface area (Å²) in [6.45, 7) is 0.295. The highest BCUT2D eigenvalue weighted by Gasteiger charge is 2.37. The normalized spacial score (nSPS) is 17.7. The fraction of sp³-hybridized carbons (Fsp3) is 0.176. The van der Waals surface area contributed by atoms with E-state index in [0.717, 1.165) is 15.6 Å². The molecule has 0 bridgehead atoms. The number of benzene rings is 2. The van der Waals surface area contributed by atoms with Gasteiger partial charge in [-0.1, -0.05) is 58.4 Å². The fourth-order valence-corrected chi connectivity index (χ4v) is 2.75. The van der Waals surface area contributed by atoms with Crippen molar-refractivity contribution in [2.24, 2.45) is 0 Å². The van der Waals surface area contributed by atoms with Crippen molar-refractivity contribution in [1.82, 2.24) is 10.2 Å². The number of hydrogen-bond donors (Lipinski definition) is 1. The first-order chi connectivity index (χ1) is 10.6. The third-order valence-electron chi connectivity index (χ3n) is 3.64. The van der Waals surface area contributed by atoms with Crippen LogP contribution >= 0.6 is 15.9 Å². The Bertz CT molecular complexity index is 686. The molecule has 1 aliphatic heterocycles. The van der Waals surface area contributed by atoms with E-state index < -0.39 is 6.04 Å². The third-order valence-corrected chi connectivity index (χ3v) is 4.17. The smallest absolute Gasteiger partial charge is 0.325 e. The topological polar surface area (TPSA) is 49.4 Å². The largest absolute Gasteiger partial charge is 0.325 e. The van der Waals surface area contributed by atoms with E-state index in [0.29, 0.717) is 13.0 Å². The first-order valence-corrected chi connectivity index (χ1v) is 7.83. The Kier molecular flexibility index (Phi) is 4.24. The highest BCUT2D eigenvalue weighted by molar-refractivity contribution is 9.10. The molecule has 1 aliphatic rings. The summed E-state index contributed by atoms with van der Waals surface area (Å²) < 4.78 is 0.968. The summed E-state index contributed by atoms with van der Waals surface area (Å²) in [7, 11) is 0. The number of imide groups is 1. The van der Waals surface area contributed by atoms with Crippen molar-refractivity contribution >= 4 is 27.9 Å². The summed E-state index contributed by atoms with van der Waals surface area (Å²) in [5.74, 6) is -0.170. The minimum atomic E-state index is -0.481. The zero-order chi connectivity index (χ0) is 15.5. The average Bonchev–Trinajstić information content (AvgIpc) is 2.78. The van der Waals surface area contributed by atoms with E-state index in [-0.39, 0.29) is 11.9 Å². The van der Waals surface area contributed by atoms with E-state index in [1.807, 2.05) is 54.6 Å². The quantitative estimate of drug-likeness (QED) is 0.853. The molecule has 1 unspecified atom stereocenters. The van der Waals surface area contributed by atoms with Crippen LogP contribution in [0.3, 0.4) is 0 Å². The molecular weight excluding hydrogens is 344 g/mol. The molecule has 112 valence electrons. The van der Waals surface area contributed by atoms with Gasteiger partial charge in [-0.15, -0.1) is 0 Å². The Morgan fingerprint density at radius 3 is 2.32 bits per heavy atom. The van der Waals surface area contributed by atoms with Crippen LogP contribution in [0.4, 0.5) is 4.79 Å². The Labute approximate surface area is 137 Å². The first-order valence-electron chi connectivity index (χ1n) is 7.04. The van der Waals surface area contributed by atoms with Crippen molar-refractivity contribution in [2.75, 3.05) is 0 Å². The van der Waals surface area contributed by atoms with Crippen LogP contribution in [0.15, 0.2) is 59.1 Å². The van der Waals surface area contributed by atoms with Crippen molar-refractivity contribution < 1.29 is 9.59 Å². The van der Waals surface area contributed by atoms with Gasteiger partial charge < -0.3 is 5.32 Å². The monoisotopic (exact) mass is 358 g/mol. The van der Waals surface area contributed by atoms with Gasteiger partial charge in [0.05, 0.1) is 6.54 Å². The molecule has 1 N–H and O–H groups in total. The maximum atomic E-state index is 12.4. The molecule has 3 rings (SSSR count). The van der Waals surface area contributed by atoms with Crippen LogP contribution in [0.5, 0.6) is 0 Å². The molecule has 1 saturated heterocycles. The predicted octanol–water partition coefficient (Wildman–Crippen LogP) is 3.11. The third kappa shape index (κ3) is 3.20. The minimum Gasteiger partial charge on any atom is -0.325 e. The van der Waals surface area contributed by atoms with Crippen molar-refractivity contribution in [3.63, 3.8) is 0 Å². The zero-order valence-electron chi connectivity index (χ0n) is 11.8.